The molecule has 0 unspecified atom stereocenters. The highest BCUT2D eigenvalue weighted by molar-refractivity contribution is 7.99. The minimum atomic E-state index is -0.163. The third kappa shape index (κ3) is 4.09. The molecule has 0 saturated carbocycles. The van der Waals surface area contributed by atoms with Crippen LogP contribution >= 0.6 is 11.8 Å². The lowest BCUT2D eigenvalue weighted by Crippen LogP contribution is -2.14. The van der Waals surface area contributed by atoms with E-state index in [1.807, 2.05) is 12.1 Å². The molecule has 0 atom stereocenters. The quantitative estimate of drug-likeness (QED) is 0.768. The second-order valence-electron chi connectivity index (χ2n) is 4.80. The van der Waals surface area contributed by atoms with Gasteiger partial charge in [0.2, 0.25) is 0 Å². The van der Waals surface area contributed by atoms with Crippen molar-refractivity contribution in [2.24, 2.45) is 0 Å². The highest BCUT2D eigenvalue weighted by atomic mass is 32.2. The fraction of sp³-hybridized carbons (Fsp3) is 0.294. The van der Waals surface area contributed by atoms with Gasteiger partial charge in [0.05, 0.1) is 0 Å². The normalized spacial score (nSPS) is 10.8. The molecule has 2 aromatic rings. The number of benzene rings is 2. The lowest BCUT2D eigenvalue weighted by Gasteiger charge is -2.09. The minimum absolute atomic E-state index is 0.163. The second kappa shape index (κ2) is 7.46. The summed E-state index contributed by atoms with van der Waals surface area (Å²) in [6.07, 6.45) is 1.14. The standard InChI is InChI=1S/C17H20FNS/c1-3-10-19-12-14-8-9-15(11-13(14)2)20-17-7-5-4-6-16(17)18/h4-9,11,19H,3,10,12H2,1-2H3. The highest BCUT2D eigenvalue weighted by Gasteiger charge is 2.05. The van der Waals surface area contributed by atoms with Crippen LogP contribution in [0.5, 0.6) is 0 Å². The van der Waals surface area contributed by atoms with Crippen LogP contribution in [0.4, 0.5) is 4.39 Å². The molecular weight excluding hydrogens is 269 g/mol. The Kier molecular flexibility index (Phi) is 5.62. The number of hydrogen-bond donors (Lipinski definition) is 1. The smallest absolute Gasteiger partial charge is 0.137 e. The lowest BCUT2D eigenvalue weighted by atomic mass is 10.1. The fourth-order valence-electron chi connectivity index (χ4n) is 1.98. The maximum Gasteiger partial charge on any atom is 0.137 e. The monoisotopic (exact) mass is 289 g/mol. The van der Waals surface area contributed by atoms with Gasteiger partial charge >= 0.3 is 0 Å². The summed E-state index contributed by atoms with van der Waals surface area (Å²) in [7, 11) is 0. The van der Waals surface area contributed by atoms with E-state index >= 15 is 0 Å². The first-order valence-corrected chi connectivity index (χ1v) is 7.75. The predicted octanol–water partition coefficient (Wildman–Crippen LogP) is 4.78. The van der Waals surface area contributed by atoms with Crippen molar-refractivity contribution >= 4 is 11.8 Å². The van der Waals surface area contributed by atoms with Crippen molar-refractivity contribution in [3.05, 3.63) is 59.4 Å². The van der Waals surface area contributed by atoms with E-state index in [4.69, 9.17) is 0 Å². The molecule has 0 aliphatic heterocycles. The van der Waals surface area contributed by atoms with Crippen LogP contribution in [0.25, 0.3) is 0 Å². The zero-order valence-electron chi connectivity index (χ0n) is 11.9. The van der Waals surface area contributed by atoms with Gasteiger partial charge in [0.25, 0.3) is 0 Å². The number of aryl methyl sites for hydroxylation is 1. The van der Waals surface area contributed by atoms with Crippen LogP contribution in [0.15, 0.2) is 52.3 Å². The molecule has 0 radical (unpaired) electrons. The van der Waals surface area contributed by atoms with Crippen LogP contribution < -0.4 is 5.32 Å². The van der Waals surface area contributed by atoms with Crippen molar-refractivity contribution in [3.8, 4) is 0 Å². The van der Waals surface area contributed by atoms with Crippen molar-refractivity contribution in [3.63, 3.8) is 0 Å². The third-order valence-corrected chi connectivity index (χ3v) is 4.16. The van der Waals surface area contributed by atoms with Gasteiger partial charge in [-0.2, -0.15) is 0 Å². The summed E-state index contributed by atoms with van der Waals surface area (Å²) in [4.78, 5) is 1.75. The molecular formula is C17H20FNS. The van der Waals surface area contributed by atoms with Gasteiger partial charge in [-0.25, -0.2) is 4.39 Å². The Labute approximate surface area is 124 Å². The number of nitrogens with one attached hydrogen (secondary N) is 1. The van der Waals surface area contributed by atoms with Gasteiger partial charge < -0.3 is 5.32 Å². The first kappa shape index (κ1) is 15.1. The summed E-state index contributed by atoms with van der Waals surface area (Å²) in [6.45, 7) is 6.19. The maximum atomic E-state index is 13.6. The summed E-state index contributed by atoms with van der Waals surface area (Å²) in [6, 6.07) is 13.2. The van der Waals surface area contributed by atoms with Crippen LogP contribution in [-0.4, -0.2) is 6.54 Å². The van der Waals surface area contributed by atoms with Crippen molar-refractivity contribution in [1.29, 1.82) is 0 Å². The lowest BCUT2D eigenvalue weighted by molar-refractivity contribution is 0.602. The zero-order chi connectivity index (χ0) is 14.4. The number of rotatable bonds is 6. The number of halogens is 1. The second-order valence-corrected chi connectivity index (χ2v) is 5.91. The molecule has 106 valence electrons. The third-order valence-electron chi connectivity index (χ3n) is 3.12. The molecule has 0 amide bonds. The van der Waals surface area contributed by atoms with E-state index in [2.05, 4.69) is 37.4 Å². The van der Waals surface area contributed by atoms with Gasteiger partial charge in [-0.3, -0.25) is 0 Å². The molecule has 2 aromatic carbocycles. The van der Waals surface area contributed by atoms with E-state index in [1.54, 1.807) is 6.07 Å². The Hall–Kier alpha value is -1.32. The molecule has 0 aliphatic rings. The molecule has 0 fully saturated rings. The van der Waals surface area contributed by atoms with Crippen molar-refractivity contribution < 1.29 is 4.39 Å². The number of hydrogen-bond acceptors (Lipinski definition) is 2. The summed E-state index contributed by atoms with van der Waals surface area (Å²) in [5, 5.41) is 3.40. The van der Waals surface area contributed by atoms with Gasteiger partial charge in [-0.05, 0) is 55.3 Å². The summed E-state index contributed by atoms with van der Waals surface area (Å²) in [5.41, 5.74) is 2.55. The highest BCUT2D eigenvalue weighted by Crippen LogP contribution is 2.30. The van der Waals surface area contributed by atoms with E-state index in [1.165, 1.54) is 29.0 Å². The van der Waals surface area contributed by atoms with Gasteiger partial charge in [-0.1, -0.05) is 36.9 Å². The summed E-state index contributed by atoms with van der Waals surface area (Å²) >= 11 is 1.47. The van der Waals surface area contributed by atoms with Crippen molar-refractivity contribution in [2.45, 2.75) is 36.6 Å². The molecule has 1 N–H and O–H groups in total. The van der Waals surface area contributed by atoms with Crippen molar-refractivity contribution in [2.75, 3.05) is 6.54 Å². The first-order chi connectivity index (χ1) is 9.70. The average molecular weight is 289 g/mol. The Balaban J connectivity index is 2.07. The van der Waals surface area contributed by atoms with E-state index in [0.29, 0.717) is 4.90 Å². The van der Waals surface area contributed by atoms with Gasteiger partial charge in [0.1, 0.15) is 5.82 Å². The van der Waals surface area contributed by atoms with Gasteiger partial charge in [0, 0.05) is 16.3 Å². The van der Waals surface area contributed by atoms with Crippen LogP contribution in [0.1, 0.15) is 24.5 Å². The zero-order valence-corrected chi connectivity index (χ0v) is 12.8. The Morgan fingerprint density at radius 2 is 1.95 bits per heavy atom. The molecule has 0 aromatic heterocycles. The molecule has 0 bridgehead atoms. The molecule has 0 saturated heterocycles. The molecule has 0 aliphatic carbocycles. The first-order valence-electron chi connectivity index (χ1n) is 6.93. The molecule has 1 nitrogen and oxygen atoms in total. The van der Waals surface area contributed by atoms with Crippen molar-refractivity contribution in [1.82, 2.24) is 5.32 Å². The van der Waals surface area contributed by atoms with Gasteiger partial charge in [-0.15, -0.1) is 0 Å². The van der Waals surface area contributed by atoms with Crippen LogP contribution in [0.3, 0.4) is 0 Å². The topological polar surface area (TPSA) is 12.0 Å². The Morgan fingerprint density at radius 1 is 1.15 bits per heavy atom. The minimum Gasteiger partial charge on any atom is -0.313 e. The van der Waals surface area contributed by atoms with E-state index in [-0.39, 0.29) is 5.82 Å². The predicted molar refractivity (Wildman–Crippen MR) is 83.7 cm³/mol. The molecule has 0 heterocycles. The summed E-state index contributed by atoms with van der Waals surface area (Å²) < 4.78 is 13.6. The SMILES string of the molecule is CCCNCc1ccc(Sc2ccccc2F)cc1C. The summed E-state index contributed by atoms with van der Waals surface area (Å²) in [5.74, 6) is -0.163. The van der Waals surface area contributed by atoms with Crippen LogP contribution in [-0.2, 0) is 6.54 Å². The van der Waals surface area contributed by atoms with E-state index in [9.17, 15) is 4.39 Å². The van der Waals surface area contributed by atoms with E-state index in [0.717, 1.165) is 24.4 Å². The largest absolute Gasteiger partial charge is 0.313 e. The molecule has 2 rings (SSSR count). The van der Waals surface area contributed by atoms with Crippen LogP contribution in [0, 0.1) is 12.7 Å². The Bertz CT molecular complexity index is 569. The molecule has 0 spiro atoms. The van der Waals surface area contributed by atoms with Crippen LogP contribution in [0.2, 0.25) is 0 Å². The van der Waals surface area contributed by atoms with Gasteiger partial charge in [0.15, 0.2) is 0 Å². The maximum absolute atomic E-state index is 13.6. The van der Waals surface area contributed by atoms with E-state index < -0.39 is 0 Å². The Morgan fingerprint density at radius 3 is 2.65 bits per heavy atom. The average Bonchev–Trinajstić information content (AvgIpc) is 2.44. The molecule has 20 heavy (non-hydrogen) atoms. The molecule has 3 heteroatoms. The fourth-order valence-corrected chi connectivity index (χ4v) is 2.92.